The number of amides is 2. The SMILES string of the molecule is C=C(c1ncc(OC2CCC2)nc1C)N(Cc1ccccc1)/C(C(=O)N(CC)CCCOC1CCCCO1)=C(\C)NC=O. The molecule has 43 heavy (non-hydrogen) atoms. The molecule has 1 aliphatic heterocycles. The highest BCUT2D eigenvalue weighted by atomic mass is 16.7. The molecule has 1 N–H and O–H groups in total. The first-order chi connectivity index (χ1) is 20.9. The number of hydrogen-bond acceptors (Lipinski definition) is 8. The number of aromatic nitrogens is 2. The van der Waals surface area contributed by atoms with Crippen LogP contribution in [0.15, 0.2) is 54.5 Å². The minimum absolute atomic E-state index is 0.173. The van der Waals surface area contributed by atoms with Crippen LogP contribution in [0, 0.1) is 6.92 Å². The summed E-state index contributed by atoms with van der Waals surface area (Å²) in [5, 5.41) is 2.72. The van der Waals surface area contributed by atoms with Crippen LogP contribution in [-0.4, -0.2) is 70.8 Å². The molecule has 10 nitrogen and oxygen atoms in total. The molecule has 1 unspecified atom stereocenters. The van der Waals surface area contributed by atoms with Crippen LogP contribution < -0.4 is 10.1 Å². The number of allylic oxidation sites excluding steroid dienone is 1. The van der Waals surface area contributed by atoms with Crippen LogP contribution in [-0.2, 0) is 25.6 Å². The van der Waals surface area contributed by atoms with E-state index in [1.165, 1.54) is 0 Å². The van der Waals surface area contributed by atoms with Crippen molar-refractivity contribution >= 4 is 18.0 Å². The predicted octanol–water partition coefficient (Wildman–Crippen LogP) is 4.95. The molecule has 1 aromatic heterocycles. The maximum atomic E-state index is 14.3. The zero-order valence-corrected chi connectivity index (χ0v) is 25.7. The molecule has 4 rings (SSSR count). The molecule has 2 aromatic rings. The molecule has 1 saturated carbocycles. The molecule has 2 amide bonds. The standard InChI is InChI=1S/C33H45N5O5/c1-5-37(18-12-20-42-30-17-9-10-19-41-30)33(40)32(25(3)35-23-39)38(22-27-13-7-6-8-14-27)26(4)31-24(2)36-29(21-34-31)43-28-15-11-16-28/h6-8,13-14,21,23,28,30H,4-5,9-12,15-20,22H2,1-3H3,(H,35,39)/b32-25+. The number of hydrogen-bond donors (Lipinski definition) is 1. The van der Waals surface area contributed by atoms with E-state index in [9.17, 15) is 9.59 Å². The Bertz CT molecular complexity index is 1260. The molecule has 0 spiro atoms. The first kappa shape index (κ1) is 32.2. The quantitative estimate of drug-likeness (QED) is 0.166. The van der Waals surface area contributed by atoms with E-state index in [0.29, 0.717) is 73.4 Å². The summed E-state index contributed by atoms with van der Waals surface area (Å²) in [6.07, 6.45) is 9.12. The van der Waals surface area contributed by atoms with E-state index in [-0.39, 0.29) is 18.3 Å². The van der Waals surface area contributed by atoms with E-state index in [1.54, 1.807) is 18.0 Å². The Balaban J connectivity index is 1.59. The summed E-state index contributed by atoms with van der Waals surface area (Å²) >= 11 is 0. The average Bonchev–Trinajstić information content (AvgIpc) is 2.99. The third-order valence-corrected chi connectivity index (χ3v) is 7.83. The van der Waals surface area contributed by atoms with Crippen LogP contribution in [0.3, 0.4) is 0 Å². The van der Waals surface area contributed by atoms with Crippen molar-refractivity contribution in [2.45, 2.75) is 84.7 Å². The fourth-order valence-corrected chi connectivity index (χ4v) is 5.16. The summed E-state index contributed by atoms with van der Waals surface area (Å²) in [6.45, 7) is 12.4. The highest BCUT2D eigenvalue weighted by Crippen LogP contribution is 2.30. The molecular weight excluding hydrogens is 546 g/mol. The Labute approximate surface area is 255 Å². The van der Waals surface area contributed by atoms with Gasteiger partial charge in [0.2, 0.25) is 12.3 Å². The van der Waals surface area contributed by atoms with Crippen molar-refractivity contribution in [2.24, 2.45) is 0 Å². The van der Waals surface area contributed by atoms with Gasteiger partial charge in [0.1, 0.15) is 17.5 Å². The maximum absolute atomic E-state index is 14.3. The number of benzene rings is 1. The van der Waals surface area contributed by atoms with Crippen molar-refractivity contribution in [1.82, 2.24) is 25.1 Å². The number of nitrogens with zero attached hydrogens (tertiary/aromatic N) is 4. The molecule has 232 valence electrons. The zero-order valence-electron chi connectivity index (χ0n) is 25.7. The van der Waals surface area contributed by atoms with E-state index in [1.807, 2.05) is 49.1 Å². The molecule has 1 atom stereocenters. The van der Waals surface area contributed by atoms with Crippen LogP contribution >= 0.6 is 0 Å². The Morgan fingerprint density at radius 2 is 1.98 bits per heavy atom. The van der Waals surface area contributed by atoms with Gasteiger partial charge in [0.25, 0.3) is 5.91 Å². The monoisotopic (exact) mass is 591 g/mol. The largest absolute Gasteiger partial charge is 0.473 e. The summed E-state index contributed by atoms with van der Waals surface area (Å²) in [5.74, 6) is 0.257. The molecular formula is C33H45N5O5. The van der Waals surface area contributed by atoms with E-state index < -0.39 is 0 Å². The van der Waals surface area contributed by atoms with Crippen LogP contribution in [0.1, 0.15) is 75.7 Å². The van der Waals surface area contributed by atoms with E-state index >= 15 is 0 Å². The molecule has 0 radical (unpaired) electrons. The molecule has 1 aromatic carbocycles. The minimum Gasteiger partial charge on any atom is -0.473 e. The molecule has 1 saturated heterocycles. The van der Waals surface area contributed by atoms with Gasteiger partial charge in [0.15, 0.2) is 6.29 Å². The summed E-state index contributed by atoms with van der Waals surface area (Å²) < 4.78 is 17.5. The smallest absolute Gasteiger partial charge is 0.272 e. The lowest BCUT2D eigenvalue weighted by Gasteiger charge is -2.33. The normalized spacial score (nSPS) is 17.3. The third-order valence-electron chi connectivity index (χ3n) is 7.83. The molecule has 2 aliphatic rings. The van der Waals surface area contributed by atoms with Gasteiger partial charge in [-0.2, -0.15) is 0 Å². The van der Waals surface area contributed by atoms with Crippen LogP contribution in [0.2, 0.25) is 0 Å². The lowest BCUT2D eigenvalue weighted by atomic mass is 9.96. The number of carbonyl (C=O) groups excluding carboxylic acids is 2. The fourth-order valence-electron chi connectivity index (χ4n) is 5.16. The number of ether oxygens (including phenoxy) is 3. The molecule has 10 heteroatoms. The van der Waals surface area contributed by atoms with Gasteiger partial charge in [-0.25, -0.2) is 9.97 Å². The topological polar surface area (TPSA) is 106 Å². The van der Waals surface area contributed by atoms with Gasteiger partial charge in [-0.15, -0.1) is 0 Å². The van der Waals surface area contributed by atoms with Crippen molar-refractivity contribution in [2.75, 3.05) is 26.3 Å². The highest BCUT2D eigenvalue weighted by molar-refractivity contribution is 5.95. The zero-order chi connectivity index (χ0) is 30.6. The van der Waals surface area contributed by atoms with Gasteiger partial charge in [-0.3, -0.25) is 9.59 Å². The van der Waals surface area contributed by atoms with Crippen molar-refractivity contribution in [3.8, 4) is 5.88 Å². The fraction of sp³-hybridized carbons (Fsp3) is 0.515. The van der Waals surface area contributed by atoms with Gasteiger partial charge in [-0.1, -0.05) is 36.9 Å². The molecule has 1 aliphatic carbocycles. The summed E-state index contributed by atoms with van der Waals surface area (Å²) in [6, 6.07) is 9.82. The van der Waals surface area contributed by atoms with Gasteiger partial charge in [0.05, 0.1) is 24.2 Å². The van der Waals surface area contributed by atoms with Gasteiger partial charge in [0, 0.05) is 31.9 Å². The van der Waals surface area contributed by atoms with E-state index in [0.717, 1.165) is 50.7 Å². The molecule has 2 heterocycles. The number of aryl methyl sites for hydroxylation is 1. The van der Waals surface area contributed by atoms with E-state index in [2.05, 4.69) is 21.9 Å². The Hall–Kier alpha value is -3.76. The van der Waals surface area contributed by atoms with Gasteiger partial charge < -0.3 is 29.3 Å². The second-order valence-electron chi connectivity index (χ2n) is 11.0. The Morgan fingerprint density at radius 1 is 1.19 bits per heavy atom. The van der Waals surface area contributed by atoms with Crippen molar-refractivity contribution in [3.63, 3.8) is 0 Å². The Morgan fingerprint density at radius 3 is 2.60 bits per heavy atom. The summed E-state index contributed by atoms with van der Waals surface area (Å²) in [5.41, 5.74) is 3.38. The molecule has 2 fully saturated rings. The van der Waals surface area contributed by atoms with E-state index in [4.69, 9.17) is 14.2 Å². The summed E-state index contributed by atoms with van der Waals surface area (Å²) in [7, 11) is 0. The third kappa shape index (κ3) is 8.87. The summed E-state index contributed by atoms with van der Waals surface area (Å²) in [4.78, 5) is 38.8. The number of rotatable bonds is 16. The van der Waals surface area contributed by atoms with Crippen molar-refractivity contribution < 1.29 is 23.8 Å². The van der Waals surface area contributed by atoms with Gasteiger partial charge in [-0.05, 0) is 71.3 Å². The second-order valence-corrected chi connectivity index (χ2v) is 11.0. The Kier molecular flexibility index (Phi) is 12.1. The highest BCUT2D eigenvalue weighted by Gasteiger charge is 2.29. The first-order valence-corrected chi connectivity index (χ1v) is 15.4. The molecule has 0 bridgehead atoms. The van der Waals surface area contributed by atoms with Crippen LogP contribution in [0.5, 0.6) is 5.88 Å². The predicted molar refractivity (Wildman–Crippen MR) is 164 cm³/mol. The van der Waals surface area contributed by atoms with Crippen molar-refractivity contribution in [3.05, 3.63) is 71.5 Å². The first-order valence-electron chi connectivity index (χ1n) is 15.4. The van der Waals surface area contributed by atoms with Crippen molar-refractivity contribution in [1.29, 1.82) is 0 Å². The van der Waals surface area contributed by atoms with Gasteiger partial charge >= 0.3 is 0 Å². The number of carbonyl (C=O) groups is 2. The average molecular weight is 592 g/mol. The second kappa shape index (κ2) is 16.2. The number of nitrogens with one attached hydrogen (secondary N) is 1. The lowest BCUT2D eigenvalue weighted by molar-refractivity contribution is -0.163. The number of likely N-dealkylation sites (N-methyl/N-ethyl adjacent to an activating group) is 1. The van der Waals surface area contributed by atoms with Crippen LogP contribution in [0.25, 0.3) is 5.70 Å². The lowest BCUT2D eigenvalue weighted by Crippen LogP contribution is -2.40. The maximum Gasteiger partial charge on any atom is 0.272 e. The minimum atomic E-state index is -0.226. The van der Waals surface area contributed by atoms with Crippen LogP contribution in [0.4, 0.5) is 0 Å².